The van der Waals surface area contributed by atoms with E-state index in [0.717, 1.165) is 0 Å². The number of nitrogen functional groups attached to an aromatic ring is 1. The van der Waals surface area contributed by atoms with Crippen molar-refractivity contribution < 1.29 is 19.2 Å². The van der Waals surface area contributed by atoms with Gasteiger partial charge in [-0.1, -0.05) is 35.3 Å². The summed E-state index contributed by atoms with van der Waals surface area (Å²) in [6.07, 6.45) is 0. The fraction of sp³-hybridized carbons (Fsp3) is 0.0667. The van der Waals surface area contributed by atoms with Crippen molar-refractivity contribution in [3.8, 4) is 0 Å². The summed E-state index contributed by atoms with van der Waals surface area (Å²) < 4.78 is 4.84. The number of ether oxygens (including phenoxy) is 1. The maximum Gasteiger partial charge on any atom is 0.340 e. The van der Waals surface area contributed by atoms with E-state index in [2.05, 4.69) is 5.32 Å². The first-order valence-electron chi connectivity index (χ1n) is 6.74. The molecule has 2 rings (SSSR count). The Bertz CT molecular complexity index is 857. The summed E-state index contributed by atoms with van der Waals surface area (Å²) in [6, 6.07) is 8.17. The van der Waals surface area contributed by atoms with E-state index in [1.807, 2.05) is 0 Å². The number of hydrogen-bond donors (Lipinski definition) is 2. The molecule has 0 aliphatic carbocycles. The van der Waals surface area contributed by atoms with Gasteiger partial charge in [0.25, 0.3) is 11.6 Å². The van der Waals surface area contributed by atoms with Gasteiger partial charge in [0.05, 0.1) is 21.2 Å². The van der Waals surface area contributed by atoms with Gasteiger partial charge in [-0.2, -0.15) is 0 Å². The van der Waals surface area contributed by atoms with Gasteiger partial charge >= 0.3 is 5.97 Å². The first-order chi connectivity index (χ1) is 11.8. The maximum absolute atomic E-state index is 12.0. The van der Waals surface area contributed by atoms with Crippen LogP contribution >= 0.6 is 23.2 Å². The standard InChI is InChI=1S/C15H11Cl2N3O5/c16-8-5-9(14(18)10(17)6-8)15(22)25-7-13(21)19-11-3-1-2-4-12(11)20(23)24/h1-6H,7,18H2,(H,19,21). The molecule has 0 saturated heterocycles. The zero-order valence-electron chi connectivity index (χ0n) is 12.5. The number of halogens is 2. The summed E-state index contributed by atoms with van der Waals surface area (Å²) in [5, 5.41) is 13.4. The van der Waals surface area contributed by atoms with Crippen molar-refractivity contribution in [2.24, 2.45) is 0 Å². The molecule has 0 radical (unpaired) electrons. The highest BCUT2D eigenvalue weighted by Crippen LogP contribution is 2.28. The summed E-state index contributed by atoms with van der Waals surface area (Å²) in [5.41, 5.74) is 5.25. The fourth-order valence-corrected chi connectivity index (χ4v) is 2.38. The number of benzene rings is 2. The summed E-state index contributed by atoms with van der Waals surface area (Å²) >= 11 is 11.6. The van der Waals surface area contributed by atoms with Crippen LogP contribution in [0, 0.1) is 10.1 Å². The van der Waals surface area contributed by atoms with Gasteiger partial charge in [0.1, 0.15) is 5.69 Å². The second-order valence-electron chi connectivity index (χ2n) is 4.75. The number of rotatable bonds is 5. The van der Waals surface area contributed by atoms with Crippen LogP contribution in [-0.2, 0) is 9.53 Å². The second kappa shape index (κ2) is 7.82. The molecule has 0 aromatic heterocycles. The third-order valence-electron chi connectivity index (χ3n) is 3.02. The monoisotopic (exact) mass is 383 g/mol. The van der Waals surface area contributed by atoms with Crippen LogP contribution in [0.3, 0.4) is 0 Å². The molecular weight excluding hydrogens is 373 g/mol. The zero-order chi connectivity index (χ0) is 18.6. The number of hydrogen-bond acceptors (Lipinski definition) is 6. The van der Waals surface area contributed by atoms with Gasteiger partial charge in [-0.3, -0.25) is 14.9 Å². The Hall–Kier alpha value is -2.84. The average Bonchev–Trinajstić information content (AvgIpc) is 2.56. The molecule has 10 heteroatoms. The molecule has 130 valence electrons. The first-order valence-corrected chi connectivity index (χ1v) is 7.50. The second-order valence-corrected chi connectivity index (χ2v) is 5.59. The lowest BCUT2D eigenvalue weighted by atomic mass is 10.2. The molecular formula is C15H11Cl2N3O5. The normalized spacial score (nSPS) is 10.2. The smallest absolute Gasteiger partial charge is 0.340 e. The van der Waals surface area contributed by atoms with Crippen LogP contribution in [0.1, 0.15) is 10.4 Å². The Morgan fingerprint density at radius 1 is 1.24 bits per heavy atom. The van der Waals surface area contributed by atoms with Crippen LogP contribution in [-0.4, -0.2) is 23.4 Å². The van der Waals surface area contributed by atoms with E-state index in [4.69, 9.17) is 33.7 Å². The van der Waals surface area contributed by atoms with Crippen molar-refractivity contribution in [3.05, 3.63) is 62.1 Å². The first kappa shape index (κ1) is 18.5. The number of nitrogens with two attached hydrogens (primary N) is 1. The summed E-state index contributed by atoms with van der Waals surface area (Å²) in [7, 11) is 0. The summed E-state index contributed by atoms with van der Waals surface area (Å²) in [5.74, 6) is -1.66. The van der Waals surface area contributed by atoms with Crippen molar-refractivity contribution in [3.63, 3.8) is 0 Å². The number of para-hydroxylation sites is 2. The molecule has 1 amide bonds. The number of amides is 1. The number of nitro groups is 1. The SMILES string of the molecule is Nc1c(Cl)cc(Cl)cc1C(=O)OCC(=O)Nc1ccccc1[N+](=O)[O-]. The Kier molecular flexibility index (Phi) is 5.79. The number of nitro benzene ring substituents is 1. The lowest BCUT2D eigenvalue weighted by Gasteiger charge is -2.09. The molecule has 2 aromatic rings. The number of anilines is 2. The Labute approximate surface area is 151 Å². The third-order valence-corrected chi connectivity index (χ3v) is 3.55. The number of carbonyl (C=O) groups excluding carboxylic acids is 2. The van der Waals surface area contributed by atoms with E-state index in [0.29, 0.717) is 0 Å². The van der Waals surface area contributed by atoms with Gasteiger partial charge in [-0.05, 0) is 18.2 Å². The van der Waals surface area contributed by atoms with Crippen LogP contribution in [0.5, 0.6) is 0 Å². The molecule has 0 heterocycles. The Balaban J connectivity index is 2.04. The van der Waals surface area contributed by atoms with Gasteiger partial charge in [-0.15, -0.1) is 0 Å². The number of esters is 1. The van der Waals surface area contributed by atoms with Crippen LogP contribution in [0.15, 0.2) is 36.4 Å². The lowest BCUT2D eigenvalue weighted by Crippen LogP contribution is -2.21. The maximum atomic E-state index is 12.0. The summed E-state index contributed by atoms with van der Waals surface area (Å²) in [6.45, 7) is -0.672. The highest BCUT2D eigenvalue weighted by Gasteiger charge is 2.18. The van der Waals surface area contributed by atoms with E-state index in [9.17, 15) is 19.7 Å². The molecule has 0 unspecified atom stereocenters. The van der Waals surface area contributed by atoms with Gasteiger partial charge in [0, 0.05) is 11.1 Å². The van der Waals surface area contributed by atoms with Crippen molar-refractivity contribution in [1.82, 2.24) is 0 Å². The zero-order valence-corrected chi connectivity index (χ0v) is 14.0. The number of nitrogens with zero attached hydrogens (tertiary/aromatic N) is 1. The number of carbonyl (C=O) groups is 2. The summed E-state index contributed by atoms with van der Waals surface area (Å²) in [4.78, 5) is 34.1. The van der Waals surface area contributed by atoms with Crippen molar-refractivity contribution in [1.29, 1.82) is 0 Å². The van der Waals surface area contributed by atoms with Gasteiger partial charge < -0.3 is 15.8 Å². The Morgan fingerprint density at radius 3 is 2.60 bits per heavy atom. The van der Waals surface area contributed by atoms with E-state index >= 15 is 0 Å². The van der Waals surface area contributed by atoms with Gasteiger partial charge in [0.2, 0.25) is 0 Å². The van der Waals surface area contributed by atoms with Crippen molar-refractivity contribution >= 4 is 52.1 Å². The van der Waals surface area contributed by atoms with E-state index in [1.165, 1.54) is 36.4 Å². The highest BCUT2D eigenvalue weighted by molar-refractivity contribution is 6.37. The molecule has 25 heavy (non-hydrogen) atoms. The predicted octanol–water partition coefficient (Wildman–Crippen LogP) is 3.28. The van der Waals surface area contributed by atoms with E-state index in [1.54, 1.807) is 0 Å². The minimum absolute atomic E-state index is 0.0149. The average molecular weight is 384 g/mol. The van der Waals surface area contributed by atoms with Gasteiger partial charge in [0.15, 0.2) is 6.61 Å². The largest absolute Gasteiger partial charge is 0.452 e. The topological polar surface area (TPSA) is 125 Å². The highest BCUT2D eigenvalue weighted by atomic mass is 35.5. The molecule has 0 bridgehead atoms. The van der Waals surface area contributed by atoms with Crippen molar-refractivity contribution in [2.45, 2.75) is 0 Å². The molecule has 0 spiro atoms. The molecule has 2 aromatic carbocycles. The van der Waals surface area contributed by atoms with E-state index < -0.39 is 23.4 Å². The van der Waals surface area contributed by atoms with Crippen LogP contribution < -0.4 is 11.1 Å². The van der Waals surface area contributed by atoms with Crippen LogP contribution in [0.2, 0.25) is 10.0 Å². The fourth-order valence-electron chi connectivity index (χ4n) is 1.89. The minimum Gasteiger partial charge on any atom is -0.452 e. The van der Waals surface area contributed by atoms with Crippen LogP contribution in [0.4, 0.5) is 17.1 Å². The molecule has 0 fully saturated rings. The molecule has 0 saturated carbocycles. The molecule has 0 aliphatic rings. The molecule has 3 N–H and O–H groups in total. The molecule has 0 atom stereocenters. The Morgan fingerprint density at radius 2 is 1.92 bits per heavy atom. The van der Waals surface area contributed by atoms with Crippen molar-refractivity contribution in [2.75, 3.05) is 17.7 Å². The van der Waals surface area contributed by atoms with Gasteiger partial charge in [-0.25, -0.2) is 4.79 Å². The quantitative estimate of drug-likeness (QED) is 0.353. The number of nitrogens with one attached hydrogen (secondary N) is 1. The lowest BCUT2D eigenvalue weighted by molar-refractivity contribution is -0.383. The minimum atomic E-state index is -0.903. The molecule has 8 nitrogen and oxygen atoms in total. The van der Waals surface area contributed by atoms with E-state index in [-0.39, 0.29) is 32.7 Å². The van der Waals surface area contributed by atoms with Crippen LogP contribution in [0.25, 0.3) is 0 Å². The third kappa shape index (κ3) is 4.59. The predicted molar refractivity (Wildman–Crippen MR) is 92.9 cm³/mol. The molecule has 0 aliphatic heterocycles.